The lowest BCUT2D eigenvalue weighted by Crippen LogP contribution is -2.37. The molecule has 5 N–H and O–H groups in total. The zero-order chi connectivity index (χ0) is 21.0. The Morgan fingerprint density at radius 2 is 2.14 bits per heavy atom. The predicted molar refractivity (Wildman–Crippen MR) is 114 cm³/mol. The van der Waals surface area contributed by atoms with E-state index in [0.717, 1.165) is 34.6 Å². The van der Waals surface area contributed by atoms with E-state index in [1.807, 2.05) is 31.3 Å². The lowest BCUT2D eigenvalue weighted by molar-refractivity contribution is 0.0991. The largest absolute Gasteiger partial charge is 0.393 e. The van der Waals surface area contributed by atoms with E-state index in [-0.39, 0.29) is 18.8 Å². The van der Waals surface area contributed by atoms with Crippen LogP contribution in [0.2, 0.25) is 0 Å². The summed E-state index contributed by atoms with van der Waals surface area (Å²) in [6, 6.07) is 7.52. The van der Waals surface area contributed by atoms with E-state index in [1.165, 1.54) is 6.21 Å². The molecule has 156 valence electrons. The Labute approximate surface area is 170 Å². The highest BCUT2D eigenvalue weighted by atomic mass is 19.3. The highest BCUT2D eigenvalue weighted by Gasteiger charge is 2.56. The van der Waals surface area contributed by atoms with Crippen LogP contribution in [0.25, 0.3) is 5.57 Å². The number of nitrogens with zero attached hydrogens (tertiary/aromatic N) is 1. The second-order valence-corrected chi connectivity index (χ2v) is 7.60. The molecule has 1 aliphatic heterocycles. The Kier molecular flexibility index (Phi) is 6.32. The summed E-state index contributed by atoms with van der Waals surface area (Å²) in [4.78, 5) is 2.11. The number of rotatable bonds is 8. The number of allylic oxidation sites excluding steroid dienone is 1. The molecule has 0 bridgehead atoms. The molecule has 0 saturated heterocycles. The summed E-state index contributed by atoms with van der Waals surface area (Å²) in [6.07, 6.45) is 3.67. The van der Waals surface area contributed by atoms with Crippen LogP contribution < -0.4 is 16.0 Å². The van der Waals surface area contributed by atoms with Crippen LogP contribution in [0.4, 0.5) is 14.5 Å². The number of alkyl halides is 2. The van der Waals surface area contributed by atoms with Gasteiger partial charge in [-0.2, -0.15) is 0 Å². The number of benzene rings is 1. The van der Waals surface area contributed by atoms with Gasteiger partial charge in [0.25, 0.3) is 5.92 Å². The Hall–Kier alpha value is -2.74. The topological polar surface area (TPSA) is 87.0 Å². The predicted octanol–water partition coefficient (Wildman–Crippen LogP) is 3.12. The van der Waals surface area contributed by atoms with Gasteiger partial charge in [0.15, 0.2) is 0 Å². The summed E-state index contributed by atoms with van der Waals surface area (Å²) in [5, 5.41) is 25.4. The number of halogens is 2. The first-order valence-electron chi connectivity index (χ1n) is 9.70. The normalized spacial score (nSPS) is 21.5. The van der Waals surface area contributed by atoms with Crippen LogP contribution in [0.5, 0.6) is 0 Å². The molecule has 1 aromatic rings. The summed E-state index contributed by atoms with van der Waals surface area (Å²) in [5.74, 6) is -2.89. The number of anilines is 1. The lowest BCUT2D eigenvalue weighted by Gasteiger charge is -2.29. The average Bonchev–Trinajstić information content (AvgIpc) is 3.31. The highest BCUT2D eigenvalue weighted by molar-refractivity contribution is 6.10. The molecule has 3 rings (SSSR count). The maximum absolute atomic E-state index is 13.2. The van der Waals surface area contributed by atoms with Gasteiger partial charge in [0.1, 0.15) is 5.84 Å². The van der Waals surface area contributed by atoms with Gasteiger partial charge in [-0.05, 0) is 24.7 Å². The number of amidine groups is 1. The van der Waals surface area contributed by atoms with Crippen molar-refractivity contribution in [2.75, 3.05) is 39.0 Å². The van der Waals surface area contributed by atoms with Crippen molar-refractivity contribution in [3.05, 3.63) is 47.3 Å². The summed E-state index contributed by atoms with van der Waals surface area (Å²) < 4.78 is 26.4. The minimum atomic E-state index is -2.54. The van der Waals surface area contributed by atoms with E-state index in [4.69, 9.17) is 10.8 Å². The van der Waals surface area contributed by atoms with Gasteiger partial charge in [-0.15, -0.1) is 0 Å². The van der Waals surface area contributed by atoms with E-state index >= 15 is 0 Å². The zero-order valence-electron chi connectivity index (χ0n) is 16.8. The van der Waals surface area contributed by atoms with Crippen molar-refractivity contribution >= 4 is 23.3 Å². The highest BCUT2D eigenvalue weighted by Crippen LogP contribution is 2.48. The molecule has 1 heterocycles. The number of hydrogen-bond acceptors (Lipinski definition) is 5. The second kappa shape index (κ2) is 8.73. The molecule has 0 amide bonds. The van der Waals surface area contributed by atoms with Gasteiger partial charge in [0, 0.05) is 80.4 Å². The molecule has 1 fully saturated rings. The molecule has 1 unspecified atom stereocenters. The monoisotopic (exact) mass is 402 g/mol. The van der Waals surface area contributed by atoms with E-state index in [1.54, 1.807) is 13.2 Å². The molecule has 0 spiro atoms. The number of hydrogen-bond donors (Lipinski definition) is 5. The molecule has 0 aromatic heterocycles. The summed E-state index contributed by atoms with van der Waals surface area (Å²) in [5.41, 5.74) is 3.99. The van der Waals surface area contributed by atoms with Gasteiger partial charge >= 0.3 is 0 Å². The van der Waals surface area contributed by atoms with Crippen LogP contribution in [0.15, 0.2) is 41.7 Å². The van der Waals surface area contributed by atoms with Crippen molar-refractivity contribution in [2.45, 2.75) is 18.8 Å². The SMILES string of the molecule is CN/C=C(\C=N)c1cccc(NC(=N)C2=C(NCC3CC3(F)F)CCN(C)C2)c1. The Morgan fingerprint density at radius 1 is 1.38 bits per heavy atom. The minimum absolute atomic E-state index is 0.0551. The molecule has 0 radical (unpaired) electrons. The fourth-order valence-electron chi connectivity index (χ4n) is 3.42. The molecular weight excluding hydrogens is 374 g/mol. The maximum Gasteiger partial charge on any atom is 0.253 e. The Balaban J connectivity index is 1.74. The summed E-state index contributed by atoms with van der Waals surface area (Å²) in [6.45, 7) is 1.66. The molecule has 1 aliphatic carbocycles. The second-order valence-electron chi connectivity index (χ2n) is 7.60. The summed E-state index contributed by atoms with van der Waals surface area (Å²) >= 11 is 0. The Morgan fingerprint density at radius 3 is 2.79 bits per heavy atom. The quantitative estimate of drug-likeness (QED) is 0.342. The van der Waals surface area contributed by atoms with E-state index in [0.29, 0.717) is 13.0 Å². The third-order valence-corrected chi connectivity index (χ3v) is 5.28. The molecule has 29 heavy (non-hydrogen) atoms. The van der Waals surface area contributed by atoms with Gasteiger partial charge in [-0.1, -0.05) is 12.1 Å². The first-order chi connectivity index (χ1) is 13.8. The fourth-order valence-corrected chi connectivity index (χ4v) is 3.42. The van der Waals surface area contributed by atoms with Crippen molar-refractivity contribution in [2.24, 2.45) is 5.92 Å². The zero-order valence-corrected chi connectivity index (χ0v) is 16.8. The molecule has 8 heteroatoms. The molecule has 6 nitrogen and oxygen atoms in total. The van der Waals surface area contributed by atoms with Crippen molar-refractivity contribution in [1.82, 2.24) is 15.5 Å². The van der Waals surface area contributed by atoms with Crippen LogP contribution in [-0.2, 0) is 0 Å². The average molecular weight is 402 g/mol. The standard InChI is InChI=1S/C21H28F2N6/c1-26-11-15(10-24)14-4-3-5-17(8-14)28-20(25)18-13-29(2)7-6-19(18)27-12-16-9-21(16,22)23/h3-5,8,10-11,16,24,26-27H,6-7,9,12-13H2,1-2H3,(H2,25,28)/b15-11+,24-10?. The van der Waals surface area contributed by atoms with Gasteiger partial charge < -0.3 is 26.3 Å². The van der Waals surface area contributed by atoms with Gasteiger partial charge in [-0.3, -0.25) is 5.41 Å². The van der Waals surface area contributed by atoms with Gasteiger partial charge in [0.05, 0.1) is 0 Å². The Bertz CT molecular complexity index is 845. The molecular formula is C21H28F2N6. The number of nitrogens with one attached hydrogen (secondary N) is 5. The third-order valence-electron chi connectivity index (χ3n) is 5.28. The van der Waals surface area contributed by atoms with Crippen molar-refractivity contribution < 1.29 is 8.78 Å². The molecule has 1 aromatic carbocycles. The molecule has 2 aliphatic rings. The van der Waals surface area contributed by atoms with E-state index in [9.17, 15) is 8.78 Å². The van der Waals surface area contributed by atoms with Crippen LogP contribution in [0, 0.1) is 16.7 Å². The molecule has 1 saturated carbocycles. The van der Waals surface area contributed by atoms with Crippen LogP contribution in [-0.4, -0.2) is 56.6 Å². The smallest absolute Gasteiger partial charge is 0.253 e. The van der Waals surface area contributed by atoms with Gasteiger partial charge in [-0.25, -0.2) is 8.78 Å². The van der Waals surface area contributed by atoms with E-state index < -0.39 is 11.8 Å². The molecule has 1 atom stereocenters. The van der Waals surface area contributed by atoms with Crippen molar-refractivity contribution in [3.8, 4) is 0 Å². The fraction of sp³-hybridized carbons (Fsp3) is 0.429. The third kappa shape index (κ3) is 5.20. The van der Waals surface area contributed by atoms with Crippen LogP contribution >= 0.6 is 0 Å². The van der Waals surface area contributed by atoms with E-state index in [2.05, 4.69) is 20.9 Å². The van der Waals surface area contributed by atoms with Gasteiger partial charge in [0.2, 0.25) is 0 Å². The number of likely N-dealkylation sites (N-methyl/N-ethyl adjacent to an activating group) is 1. The van der Waals surface area contributed by atoms with Crippen molar-refractivity contribution in [1.29, 1.82) is 10.8 Å². The van der Waals surface area contributed by atoms with Crippen LogP contribution in [0.3, 0.4) is 0 Å². The van der Waals surface area contributed by atoms with Crippen molar-refractivity contribution in [3.63, 3.8) is 0 Å². The lowest BCUT2D eigenvalue weighted by atomic mass is 10.0. The van der Waals surface area contributed by atoms with Crippen LogP contribution in [0.1, 0.15) is 18.4 Å². The first-order valence-corrected chi connectivity index (χ1v) is 9.70. The minimum Gasteiger partial charge on any atom is -0.393 e. The summed E-state index contributed by atoms with van der Waals surface area (Å²) in [7, 11) is 3.76. The first kappa shape index (κ1) is 21.0. The maximum atomic E-state index is 13.2.